The molecule has 0 N–H and O–H groups in total. The van der Waals surface area contributed by atoms with Crippen LogP contribution in [-0.2, 0) is 0 Å². The molecule has 0 amide bonds. The second kappa shape index (κ2) is 6.10. The molecule has 0 unspecified atom stereocenters. The summed E-state index contributed by atoms with van der Waals surface area (Å²) in [6.45, 7) is 4.21. The van der Waals surface area contributed by atoms with Crippen molar-refractivity contribution in [3.8, 4) is 6.07 Å². The Hall–Kier alpha value is -1.21. The Labute approximate surface area is 113 Å². The van der Waals surface area contributed by atoms with Gasteiger partial charge in [0.1, 0.15) is 10.9 Å². The number of hydrogen-bond donors (Lipinski definition) is 0. The second-order valence-corrected chi connectivity index (χ2v) is 5.95. The fourth-order valence-corrected chi connectivity index (χ4v) is 3.18. The summed E-state index contributed by atoms with van der Waals surface area (Å²) in [5, 5.41) is 12.1. The van der Waals surface area contributed by atoms with E-state index in [0.29, 0.717) is 12.0 Å². The minimum atomic E-state index is -0.280. The number of rotatable bonds is 3. The number of thiazole rings is 1. The van der Waals surface area contributed by atoms with Crippen molar-refractivity contribution in [3.05, 3.63) is 16.1 Å². The first-order valence-corrected chi connectivity index (χ1v) is 7.43. The highest BCUT2D eigenvalue weighted by Gasteiger charge is 2.20. The molecule has 1 aliphatic carbocycles. The third-order valence-electron chi connectivity index (χ3n) is 3.53. The van der Waals surface area contributed by atoms with E-state index in [0.717, 1.165) is 17.1 Å². The summed E-state index contributed by atoms with van der Waals surface area (Å²) in [5.41, 5.74) is 0.981. The van der Waals surface area contributed by atoms with Gasteiger partial charge in [0.2, 0.25) is 0 Å². The molecule has 18 heavy (non-hydrogen) atoms. The normalized spacial score (nSPS) is 26.1. The summed E-state index contributed by atoms with van der Waals surface area (Å²) >= 11 is 1.54. The average Bonchev–Trinajstić information content (AvgIpc) is 2.79. The minimum absolute atomic E-state index is 0.280. The molecule has 0 bridgehead atoms. The monoisotopic (exact) mass is 261 g/mol. The molecular formula is C14H19N3S. The third kappa shape index (κ3) is 3.17. The Balaban J connectivity index is 2.04. The van der Waals surface area contributed by atoms with Crippen LogP contribution >= 0.6 is 11.3 Å². The highest BCUT2D eigenvalue weighted by atomic mass is 32.1. The second-order valence-electron chi connectivity index (χ2n) is 5.06. The largest absolute Gasteiger partial charge is 0.292 e. The molecule has 4 heteroatoms. The zero-order valence-corrected chi connectivity index (χ0v) is 11.8. The van der Waals surface area contributed by atoms with Crippen LogP contribution < -0.4 is 0 Å². The summed E-state index contributed by atoms with van der Waals surface area (Å²) in [6.07, 6.45) is 6.81. The van der Waals surface area contributed by atoms with Crippen LogP contribution in [0.2, 0.25) is 0 Å². The Morgan fingerprint density at radius 2 is 2.33 bits per heavy atom. The van der Waals surface area contributed by atoms with Crippen LogP contribution in [0.25, 0.3) is 0 Å². The lowest BCUT2D eigenvalue weighted by Gasteiger charge is -2.25. The Morgan fingerprint density at radius 1 is 1.56 bits per heavy atom. The molecule has 3 atom stereocenters. The molecule has 2 rings (SSSR count). The molecule has 0 spiro atoms. The lowest BCUT2D eigenvalue weighted by Crippen LogP contribution is -2.20. The summed E-state index contributed by atoms with van der Waals surface area (Å²) in [4.78, 5) is 9.01. The smallest absolute Gasteiger partial charge is 0.133 e. The molecule has 0 aromatic carbocycles. The lowest BCUT2D eigenvalue weighted by molar-refractivity contribution is 0.333. The van der Waals surface area contributed by atoms with Crippen molar-refractivity contribution in [2.45, 2.75) is 51.5 Å². The molecule has 0 saturated heterocycles. The maximum absolute atomic E-state index is 9.21. The van der Waals surface area contributed by atoms with Crippen molar-refractivity contribution in [1.82, 2.24) is 4.98 Å². The van der Waals surface area contributed by atoms with Crippen LogP contribution in [-0.4, -0.2) is 17.2 Å². The zero-order chi connectivity index (χ0) is 13.0. The molecule has 3 nitrogen and oxygen atoms in total. The van der Waals surface area contributed by atoms with Gasteiger partial charge in [-0.2, -0.15) is 5.26 Å². The molecular weight excluding hydrogens is 242 g/mol. The van der Waals surface area contributed by atoms with E-state index in [-0.39, 0.29) is 5.92 Å². The fraction of sp³-hybridized carbons (Fsp3) is 0.643. The topological polar surface area (TPSA) is 49.0 Å². The predicted octanol–water partition coefficient (Wildman–Crippen LogP) is 3.71. The molecule has 1 aromatic rings. The third-order valence-corrected chi connectivity index (χ3v) is 4.58. The Morgan fingerprint density at radius 3 is 2.94 bits per heavy atom. The number of nitriles is 1. The maximum Gasteiger partial charge on any atom is 0.133 e. The van der Waals surface area contributed by atoms with Crippen molar-refractivity contribution in [1.29, 1.82) is 5.26 Å². The molecule has 1 aromatic heterocycles. The van der Waals surface area contributed by atoms with E-state index in [1.165, 1.54) is 19.3 Å². The first-order chi connectivity index (χ1) is 8.70. The fourth-order valence-electron chi connectivity index (χ4n) is 2.38. The van der Waals surface area contributed by atoms with Gasteiger partial charge in [-0.15, -0.1) is 11.3 Å². The number of aryl methyl sites for hydroxylation is 1. The van der Waals surface area contributed by atoms with Crippen LogP contribution in [0.3, 0.4) is 0 Å². The Kier molecular flexibility index (Phi) is 4.48. The van der Waals surface area contributed by atoms with Crippen molar-refractivity contribution in [2.75, 3.05) is 0 Å². The van der Waals surface area contributed by atoms with E-state index >= 15 is 0 Å². The standard InChI is InChI=1S/C14H19N3S/c1-10-5-3-4-6-13(10)16-8-12(7-15)14-17-11(2)9-18-14/h8-10,12-13H,3-6H2,1-2H3/t10-,12-,13+/m0/s1. The highest BCUT2D eigenvalue weighted by Crippen LogP contribution is 2.27. The van der Waals surface area contributed by atoms with E-state index in [1.807, 2.05) is 18.5 Å². The van der Waals surface area contributed by atoms with Crippen molar-refractivity contribution in [2.24, 2.45) is 10.9 Å². The van der Waals surface area contributed by atoms with Gasteiger partial charge in [0.25, 0.3) is 0 Å². The molecule has 96 valence electrons. The summed E-state index contributed by atoms with van der Waals surface area (Å²) in [5.74, 6) is 0.366. The molecule has 1 saturated carbocycles. The van der Waals surface area contributed by atoms with Crippen molar-refractivity contribution < 1.29 is 0 Å². The average molecular weight is 261 g/mol. The lowest BCUT2D eigenvalue weighted by atomic mass is 9.86. The van der Waals surface area contributed by atoms with E-state index in [9.17, 15) is 5.26 Å². The van der Waals surface area contributed by atoms with Crippen LogP contribution in [0.1, 0.15) is 49.2 Å². The van der Waals surface area contributed by atoms with Gasteiger partial charge in [0.15, 0.2) is 0 Å². The SMILES string of the molecule is Cc1csc([C@@H](C#N)C=N[C@@H]2CCCC[C@@H]2C)n1. The highest BCUT2D eigenvalue weighted by molar-refractivity contribution is 7.09. The quantitative estimate of drug-likeness (QED) is 0.779. The van der Waals surface area contributed by atoms with E-state index in [2.05, 4.69) is 23.0 Å². The van der Waals surface area contributed by atoms with E-state index in [1.54, 1.807) is 11.3 Å². The van der Waals surface area contributed by atoms with Gasteiger partial charge < -0.3 is 0 Å². The van der Waals surface area contributed by atoms with Crippen LogP contribution in [0.15, 0.2) is 10.4 Å². The first-order valence-electron chi connectivity index (χ1n) is 6.55. The Bertz CT molecular complexity index is 458. The molecule has 0 radical (unpaired) electrons. The summed E-state index contributed by atoms with van der Waals surface area (Å²) < 4.78 is 0. The van der Waals surface area contributed by atoms with Crippen LogP contribution in [0.4, 0.5) is 0 Å². The molecule has 0 aliphatic heterocycles. The van der Waals surface area contributed by atoms with Crippen LogP contribution in [0.5, 0.6) is 0 Å². The minimum Gasteiger partial charge on any atom is -0.292 e. The summed E-state index contributed by atoms with van der Waals surface area (Å²) in [6, 6.07) is 2.68. The van der Waals surface area contributed by atoms with Gasteiger partial charge in [-0.05, 0) is 25.7 Å². The van der Waals surface area contributed by atoms with Gasteiger partial charge >= 0.3 is 0 Å². The number of aromatic nitrogens is 1. The summed E-state index contributed by atoms with van der Waals surface area (Å²) in [7, 11) is 0. The van der Waals surface area contributed by atoms with Crippen molar-refractivity contribution in [3.63, 3.8) is 0 Å². The van der Waals surface area contributed by atoms with Gasteiger partial charge in [0, 0.05) is 17.3 Å². The first kappa shape index (κ1) is 13.2. The van der Waals surface area contributed by atoms with Gasteiger partial charge in [-0.3, -0.25) is 4.99 Å². The van der Waals surface area contributed by atoms with E-state index < -0.39 is 0 Å². The zero-order valence-electron chi connectivity index (χ0n) is 11.0. The van der Waals surface area contributed by atoms with Crippen molar-refractivity contribution >= 4 is 17.6 Å². The molecule has 1 aliphatic rings. The van der Waals surface area contributed by atoms with Gasteiger partial charge in [0.05, 0.1) is 12.1 Å². The molecule has 1 fully saturated rings. The van der Waals surface area contributed by atoms with Gasteiger partial charge in [-0.1, -0.05) is 19.8 Å². The number of aliphatic imine (C=N–C) groups is 1. The number of nitrogens with zero attached hydrogens (tertiary/aromatic N) is 3. The number of hydrogen-bond acceptors (Lipinski definition) is 4. The maximum atomic E-state index is 9.21. The van der Waals surface area contributed by atoms with Crippen LogP contribution in [0, 0.1) is 24.2 Å². The van der Waals surface area contributed by atoms with Gasteiger partial charge in [-0.25, -0.2) is 4.98 Å². The van der Waals surface area contributed by atoms with E-state index in [4.69, 9.17) is 0 Å². The molecule has 1 heterocycles. The predicted molar refractivity (Wildman–Crippen MR) is 75.1 cm³/mol.